The third-order valence-corrected chi connectivity index (χ3v) is 1.28. The van der Waals surface area contributed by atoms with Crippen molar-refractivity contribution in [3.05, 3.63) is 29.6 Å². The average Bonchev–Trinajstić information content (AvgIpc) is 1.92. The van der Waals surface area contributed by atoms with Crippen LogP contribution in [0, 0.1) is 5.82 Å². The predicted molar refractivity (Wildman–Crippen MR) is 33.1 cm³/mol. The van der Waals surface area contributed by atoms with Gasteiger partial charge in [0.25, 0.3) is 0 Å². The Bertz CT molecular complexity index is 297. The second-order valence-electron chi connectivity index (χ2n) is 2.16. The van der Waals surface area contributed by atoms with Crippen LogP contribution in [0.1, 0.15) is 5.56 Å². The molecule has 0 amide bonds. The molecule has 0 unspecified atom stereocenters. The summed E-state index contributed by atoms with van der Waals surface area (Å²) in [6.45, 7) is 0. The van der Waals surface area contributed by atoms with E-state index in [0.717, 1.165) is 0 Å². The fourth-order valence-electron chi connectivity index (χ4n) is 0.683. The van der Waals surface area contributed by atoms with Crippen molar-refractivity contribution in [3.8, 4) is 5.75 Å². The third-order valence-electron chi connectivity index (χ3n) is 1.28. The molecule has 1 aromatic rings. The zero-order valence-electron chi connectivity index (χ0n) is 6.19. The van der Waals surface area contributed by atoms with Crippen molar-refractivity contribution in [1.29, 1.82) is 0 Å². The monoisotopic (exact) mass is 270 g/mol. The van der Waals surface area contributed by atoms with Crippen LogP contribution in [-0.4, -0.2) is 5.11 Å². The largest absolute Gasteiger partial charge is 0.505 e. The van der Waals surface area contributed by atoms with Crippen molar-refractivity contribution in [2.24, 2.45) is 0 Å². The molecule has 0 spiro atoms. The summed E-state index contributed by atoms with van der Waals surface area (Å²) in [5.74, 6) is -2.06. The van der Waals surface area contributed by atoms with E-state index in [2.05, 4.69) is 0 Å². The van der Waals surface area contributed by atoms with Gasteiger partial charge in [0.05, 0.1) is 5.56 Å². The Morgan fingerprint density at radius 3 is 2.08 bits per heavy atom. The van der Waals surface area contributed by atoms with Crippen LogP contribution in [0.5, 0.6) is 5.75 Å². The predicted octanol–water partition coefficient (Wildman–Crippen LogP) is 2.55. The van der Waals surface area contributed by atoms with Crippen molar-refractivity contribution >= 4 is 0 Å². The minimum atomic E-state index is -4.57. The van der Waals surface area contributed by atoms with Crippen LogP contribution in [-0.2, 0) is 32.4 Å². The number of hydrogen-bond acceptors (Lipinski definition) is 1. The summed E-state index contributed by atoms with van der Waals surface area (Å²) >= 11 is 0. The Labute approximate surface area is 90.5 Å². The topological polar surface area (TPSA) is 20.2 Å². The van der Waals surface area contributed by atoms with E-state index in [1.165, 1.54) is 0 Å². The van der Waals surface area contributed by atoms with Gasteiger partial charge in [-0.15, -0.1) is 0 Å². The van der Waals surface area contributed by atoms with Gasteiger partial charge >= 0.3 is 6.18 Å². The Morgan fingerprint density at radius 1 is 1.15 bits per heavy atom. The molecule has 0 aliphatic carbocycles. The van der Waals surface area contributed by atoms with E-state index in [9.17, 15) is 17.6 Å². The van der Waals surface area contributed by atoms with Crippen molar-refractivity contribution in [1.82, 2.24) is 0 Å². The summed E-state index contributed by atoms with van der Waals surface area (Å²) in [5, 5.41) is 8.57. The van der Waals surface area contributed by atoms with Crippen LogP contribution in [0.15, 0.2) is 18.2 Å². The van der Waals surface area contributed by atoms with Gasteiger partial charge in [-0.05, 0) is 18.2 Å². The van der Waals surface area contributed by atoms with E-state index in [1.807, 2.05) is 0 Å². The Kier molecular flexibility index (Phi) is 4.10. The van der Waals surface area contributed by atoms with Crippen molar-refractivity contribution in [2.45, 2.75) is 6.18 Å². The number of phenols is 1. The standard InChI is InChI=1S/C7H4F4O.Zr/c8-5-3-4(7(9,10)11)1-2-6(5)12;/h1-3,12H;. The molecule has 70 valence electrons. The molecule has 1 N–H and O–H groups in total. The zero-order valence-corrected chi connectivity index (χ0v) is 8.65. The zero-order chi connectivity index (χ0) is 9.35. The van der Waals surface area contributed by atoms with E-state index in [4.69, 9.17) is 5.11 Å². The summed E-state index contributed by atoms with van der Waals surface area (Å²) in [5.41, 5.74) is -1.11. The molecule has 1 aromatic carbocycles. The summed E-state index contributed by atoms with van der Waals surface area (Å²) in [6.07, 6.45) is -4.57. The molecule has 13 heavy (non-hydrogen) atoms. The second kappa shape index (κ2) is 4.22. The molecule has 0 saturated heterocycles. The van der Waals surface area contributed by atoms with Gasteiger partial charge < -0.3 is 5.11 Å². The van der Waals surface area contributed by atoms with E-state index in [-0.39, 0.29) is 32.3 Å². The van der Waals surface area contributed by atoms with E-state index >= 15 is 0 Å². The number of hydrogen-bond donors (Lipinski definition) is 1. The molecule has 0 aliphatic heterocycles. The summed E-state index contributed by atoms with van der Waals surface area (Å²) in [7, 11) is 0. The first-order valence-electron chi connectivity index (χ1n) is 2.97. The Balaban J connectivity index is 0.00000144. The number of benzene rings is 1. The van der Waals surface area contributed by atoms with Crippen molar-refractivity contribution in [2.75, 3.05) is 0 Å². The fourth-order valence-corrected chi connectivity index (χ4v) is 0.683. The molecular weight excluding hydrogens is 267 g/mol. The summed E-state index contributed by atoms with van der Waals surface area (Å²) < 4.78 is 47.9. The molecule has 0 saturated carbocycles. The minimum absolute atomic E-state index is 0. The smallest absolute Gasteiger partial charge is 0.416 e. The summed E-state index contributed by atoms with van der Waals surface area (Å²) in [4.78, 5) is 0. The van der Waals surface area contributed by atoms with Gasteiger partial charge in [-0.25, -0.2) is 4.39 Å². The van der Waals surface area contributed by atoms with Crippen LogP contribution in [0.3, 0.4) is 0 Å². The van der Waals surface area contributed by atoms with Crippen LogP contribution >= 0.6 is 0 Å². The number of rotatable bonds is 0. The molecule has 0 radical (unpaired) electrons. The van der Waals surface area contributed by atoms with Crippen LogP contribution < -0.4 is 0 Å². The number of alkyl halides is 3. The SMILES string of the molecule is Oc1ccc(C(F)(F)F)cc1F.[Zr]. The van der Waals surface area contributed by atoms with Gasteiger partial charge in [0.1, 0.15) is 0 Å². The van der Waals surface area contributed by atoms with Gasteiger partial charge in [0.15, 0.2) is 11.6 Å². The molecule has 0 fully saturated rings. The molecule has 0 bridgehead atoms. The molecular formula is C7H4F4OZr. The van der Waals surface area contributed by atoms with Gasteiger partial charge in [-0.3, -0.25) is 0 Å². The van der Waals surface area contributed by atoms with E-state index in [1.54, 1.807) is 0 Å². The first-order chi connectivity index (χ1) is 5.41. The van der Waals surface area contributed by atoms with Crippen LogP contribution in [0.4, 0.5) is 17.6 Å². The van der Waals surface area contributed by atoms with Crippen LogP contribution in [0.2, 0.25) is 0 Å². The summed E-state index contributed by atoms with van der Waals surface area (Å²) in [6, 6.07) is 1.52. The molecule has 0 aromatic heterocycles. The molecule has 1 nitrogen and oxygen atoms in total. The number of phenolic OH excluding ortho intramolecular Hbond substituents is 1. The second-order valence-corrected chi connectivity index (χ2v) is 2.16. The first kappa shape index (κ1) is 12.6. The molecule has 0 atom stereocenters. The van der Waals surface area contributed by atoms with Gasteiger partial charge in [-0.1, -0.05) is 0 Å². The number of aromatic hydroxyl groups is 1. The van der Waals surface area contributed by atoms with Gasteiger partial charge in [-0.2, -0.15) is 13.2 Å². The van der Waals surface area contributed by atoms with E-state index < -0.39 is 23.3 Å². The maximum absolute atomic E-state index is 12.4. The first-order valence-corrected chi connectivity index (χ1v) is 2.97. The maximum atomic E-state index is 12.4. The van der Waals surface area contributed by atoms with E-state index in [0.29, 0.717) is 12.1 Å². The number of halogens is 4. The molecule has 6 heteroatoms. The quantitative estimate of drug-likeness (QED) is 0.719. The fraction of sp³-hybridized carbons (Fsp3) is 0.143. The molecule has 0 heterocycles. The van der Waals surface area contributed by atoms with Crippen LogP contribution in [0.25, 0.3) is 0 Å². The van der Waals surface area contributed by atoms with Gasteiger partial charge in [0, 0.05) is 26.2 Å². The average molecular weight is 271 g/mol. The van der Waals surface area contributed by atoms with Gasteiger partial charge in [0.2, 0.25) is 0 Å². The Hall–Kier alpha value is -0.377. The third kappa shape index (κ3) is 3.10. The normalized spacial score (nSPS) is 10.8. The molecule has 0 aliphatic rings. The van der Waals surface area contributed by atoms with Crippen molar-refractivity contribution in [3.63, 3.8) is 0 Å². The molecule has 1 rings (SSSR count). The maximum Gasteiger partial charge on any atom is 0.416 e. The Morgan fingerprint density at radius 2 is 1.69 bits per heavy atom. The minimum Gasteiger partial charge on any atom is -0.505 e. The van der Waals surface area contributed by atoms with Crippen molar-refractivity contribution < 1.29 is 48.9 Å².